The van der Waals surface area contributed by atoms with E-state index < -0.39 is 34.0 Å². The van der Waals surface area contributed by atoms with Crippen LogP contribution in [0, 0.1) is 0 Å². The van der Waals surface area contributed by atoms with Crippen molar-refractivity contribution in [2.24, 2.45) is 0 Å². The number of hydrogen-bond acceptors (Lipinski definition) is 4. The topological polar surface area (TPSA) is 92.7 Å². The molecule has 1 amide bonds. The molecule has 2 unspecified atom stereocenters. The molecule has 2 atom stereocenters. The number of hydrogen-bond donors (Lipinski definition) is 2. The Labute approximate surface area is 120 Å². The van der Waals surface area contributed by atoms with E-state index in [1.807, 2.05) is 0 Å². The summed E-state index contributed by atoms with van der Waals surface area (Å²) in [5.74, 6) is -1.07. The highest BCUT2D eigenvalue weighted by molar-refractivity contribution is 7.86. The van der Waals surface area contributed by atoms with Crippen molar-refractivity contribution >= 4 is 22.9 Å². The van der Waals surface area contributed by atoms with Crippen molar-refractivity contribution in [3.63, 3.8) is 0 Å². The second-order valence-electron chi connectivity index (χ2n) is 6.57. The molecule has 0 saturated carbocycles. The van der Waals surface area contributed by atoms with Crippen LogP contribution in [0.4, 0.5) is 4.79 Å². The zero-order valence-electron chi connectivity index (χ0n) is 12.0. The Kier molecular flexibility index (Phi) is 3.83. The summed E-state index contributed by atoms with van der Waals surface area (Å²) in [5, 5.41) is 11.8. The molecular formula is C13H21NO5S. The standard InChI is InChI=1S/C13H21NO5S/c1-12(2,3)19-11(17)14-13(10(15)16)6-8-4-5-9(7-13)20(8)18/h8-9H,4-7H2,1-3H3,(H,14,17)(H,15,16). The number of carboxylic acids is 1. The Morgan fingerprint density at radius 2 is 1.75 bits per heavy atom. The Balaban J connectivity index is 2.14. The third kappa shape index (κ3) is 2.97. The summed E-state index contributed by atoms with van der Waals surface area (Å²) in [6.45, 7) is 5.17. The van der Waals surface area contributed by atoms with Crippen molar-refractivity contribution in [2.45, 2.75) is 68.1 Å². The van der Waals surface area contributed by atoms with Gasteiger partial charge in [-0.2, -0.15) is 0 Å². The number of nitrogens with one attached hydrogen (secondary N) is 1. The maximum Gasteiger partial charge on any atom is 0.408 e. The fourth-order valence-corrected chi connectivity index (χ4v) is 5.11. The fraction of sp³-hybridized carbons (Fsp3) is 0.846. The van der Waals surface area contributed by atoms with Gasteiger partial charge in [0.25, 0.3) is 0 Å². The van der Waals surface area contributed by atoms with E-state index in [-0.39, 0.29) is 23.3 Å². The molecule has 2 N–H and O–H groups in total. The number of carbonyl (C=O) groups is 2. The molecule has 2 bridgehead atoms. The van der Waals surface area contributed by atoms with Crippen LogP contribution in [0.1, 0.15) is 46.5 Å². The first-order chi connectivity index (χ1) is 9.13. The molecule has 20 heavy (non-hydrogen) atoms. The van der Waals surface area contributed by atoms with E-state index in [4.69, 9.17) is 4.74 Å². The molecule has 0 aromatic rings. The highest BCUT2D eigenvalue weighted by atomic mass is 32.2. The zero-order valence-corrected chi connectivity index (χ0v) is 12.8. The normalized spacial score (nSPS) is 36.5. The SMILES string of the molecule is CC(C)(C)OC(=O)NC1(C(=O)O)CC2CCC(C1)S2=O. The lowest BCUT2D eigenvalue weighted by Gasteiger charge is -2.37. The lowest BCUT2D eigenvalue weighted by Crippen LogP contribution is -2.60. The maximum absolute atomic E-state index is 12.0. The molecule has 0 radical (unpaired) electrons. The lowest BCUT2D eigenvalue weighted by atomic mass is 9.89. The van der Waals surface area contributed by atoms with Crippen LogP contribution in [0.15, 0.2) is 0 Å². The van der Waals surface area contributed by atoms with Crippen molar-refractivity contribution in [2.75, 3.05) is 0 Å². The van der Waals surface area contributed by atoms with E-state index in [0.29, 0.717) is 0 Å². The molecule has 2 heterocycles. The first kappa shape index (κ1) is 15.3. The van der Waals surface area contributed by atoms with Crippen LogP contribution < -0.4 is 5.32 Å². The van der Waals surface area contributed by atoms with Crippen LogP contribution >= 0.6 is 0 Å². The van der Waals surface area contributed by atoms with Crippen molar-refractivity contribution in [1.82, 2.24) is 5.32 Å². The predicted molar refractivity (Wildman–Crippen MR) is 73.9 cm³/mol. The summed E-state index contributed by atoms with van der Waals surface area (Å²) in [6, 6.07) is 0. The Morgan fingerprint density at radius 3 is 2.15 bits per heavy atom. The molecular weight excluding hydrogens is 282 g/mol. The molecule has 2 aliphatic rings. The minimum atomic E-state index is -1.35. The van der Waals surface area contributed by atoms with Gasteiger partial charge in [0, 0.05) is 21.3 Å². The molecule has 2 rings (SSSR count). The minimum Gasteiger partial charge on any atom is -0.480 e. The summed E-state index contributed by atoms with van der Waals surface area (Å²) < 4.78 is 17.1. The molecule has 114 valence electrons. The lowest BCUT2D eigenvalue weighted by molar-refractivity contribution is -0.145. The Bertz CT molecular complexity index is 440. The largest absolute Gasteiger partial charge is 0.480 e. The Hall–Kier alpha value is -1.11. The molecule has 6 nitrogen and oxygen atoms in total. The third-order valence-electron chi connectivity index (χ3n) is 3.77. The molecule has 0 aliphatic carbocycles. The van der Waals surface area contributed by atoms with Gasteiger partial charge in [-0.15, -0.1) is 0 Å². The second-order valence-corrected chi connectivity index (χ2v) is 8.56. The molecule has 0 aromatic heterocycles. The number of ether oxygens (including phenoxy) is 1. The second kappa shape index (κ2) is 5.02. The van der Waals surface area contributed by atoms with Gasteiger partial charge in [-0.3, -0.25) is 4.21 Å². The number of aliphatic carboxylic acids is 1. The van der Waals surface area contributed by atoms with Crippen molar-refractivity contribution in [3.05, 3.63) is 0 Å². The quantitative estimate of drug-likeness (QED) is 0.804. The van der Waals surface area contributed by atoms with Gasteiger partial charge in [0.1, 0.15) is 11.1 Å². The minimum absolute atomic E-state index is 0.139. The number of carboxylic acid groups (broad SMARTS) is 1. The molecule has 2 saturated heterocycles. The Morgan fingerprint density at radius 1 is 1.25 bits per heavy atom. The van der Waals surface area contributed by atoms with E-state index >= 15 is 0 Å². The van der Waals surface area contributed by atoms with Gasteiger partial charge in [0.05, 0.1) is 0 Å². The van der Waals surface area contributed by atoms with Crippen LogP contribution in [0.5, 0.6) is 0 Å². The van der Waals surface area contributed by atoms with Gasteiger partial charge in [-0.05, 0) is 46.5 Å². The van der Waals surface area contributed by atoms with Crippen LogP contribution in [0.25, 0.3) is 0 Å². The van der Waals surface area contributed by atoms with Gasteiger partial charge in [0.15, 0.2) is 0 Å². The average Bonchev–Trinajstić information content (AvgIpc) is 2.51. The average molecular weight is 303 g/mol. The maximum atomic E-state index is 12.0. The summed E-state index contributed by atoms with van der Waals surface area (Å²) in [5.41, 5.74) is -2.03. The van der Waals surface area contributed by atoms with Crippen molar-refractivity contribution < 1.29 is 23.6 Å². The summed E-state index contributed by atoms with van der Waals surface area (Å²) in [7, 11) is -0.971. The molecule has 7 heteroatoms. The molecule has 2 fully saturated rings. The van der Waals surface area contributed by atoms with Crippen LogP contribution in [-0.4, -0.2) is 43.0 Å². The first-order valence-electron chi connectivity index (χ1n) is 6.77. The molecule has 0 spiro atoms. The van der Waals surface area contributed by atoms with Gasteiger partial charge >= 0.3 is 12.1 Å². The van der Waals surface area contributed by atoms with E-state index in [1.165, 1.54) is 0 Å². The smallest absolute Gasteiger partial charge is 0.408 e. The number of alkyl carbamates (subject to hydrolysis) is 1. The van der Waals surface area contributed by atoms with E-state index in [1.54, 1.807) is 20.8 Å². The van der Waals surface area contributed by atoms with Gasteiger partial charge in [-0.1, -0.05) is 0 Å². The number of amides is 1. The third-order valence-corrected chi connectivity index (χ3v) is 5.89. The first-order valence-corrected chi connectivity index (χ1v) is 8.04. The summed E-state index contributed by atoms with van der Waals surface area (Å²) in [4.78, 5) is 23.5. The highest BCUT2D eigenvalue weighted by Gasteiger charge is 2.53. The van der Waals surface area contributed by atoms with Gasteiger partial charge in [-0.25, -0.2) is 9.59 Å². The zero-order chi connectivity index (χ0) is 15.1. The van der Waals surface area contributed by atoms with E-state index in [9.17, 15) is 18.9 Å². The predicted octanol–water partition coefficient (Wildman–Crippen LogP) is 1.41. The summed E-state index contributed by atoms with van der Waals surface area (Å²) >= 11 is 0. The van der Waals surface area contributed by atoms with Gasteiger partial charge < -0.3 is 15.2 Å². The number of carbonyl (C=O) groups excluding carboxylic acids is 1. The van der Waals surface area contributed by atoms with Crippen LogP contribution in [0.2, 0.25) is 0 Å². The van der Waals surface area contributed by atoms with Crippen molar-refractivity contribution in [1.29, 1.82) is 0 Å². The fourth-order valence-electron chi connectivity index (χ4n) is 2.93. The number of rotatable bonds is 2. The molecule has 2 aliphatic heterocycles. The number of fused-ring (bicyclic) bond motifs is 2. The van der Waals surface area contributed by atoms with Crippen LogP contribution in [-0.2, 0) is 20.3 Å². The van der Waals surface area contributed by atoms with Gasteiger partial charge in [0.2, 0.25) is 0 Å². The van der Waals surface area contributed by atoms with E-state index in [2.05, 4.69) is 5.32 Å². The summed E-state index contributed by atoms with van der Waals surface area (Å²) in [6.07, 6.45) is 1.23. The van der Waals surface area contributed by atoms with Crippen LogP contribution in [0.3, 0.4) is 0 Å². The molecule has 0 aromatic carbocycles. The highest BCUT2D eigenvalue weighted by Crippen LogP contribution is 2.41. The monoisotopic (exact) mass is 303 g/mol. The van der Waals surface area contributed by atoms with Crippen molar-refractivity contribution in [3.8, 4) is 0 Å². The van der Waals surface area contributed by atoms with E-state index in [0.717, 1.165) is 12.8 Å².